The number of nitrogens with zero attached hydrogens (tertiary/aromatic N) is 2. The summed E-state index contributed by atoms with van der Waals surface area (Å²) in [5, 5.41) is 21.6. The Balaban J connectivity index is 2.86. The highest BCUT2D eigenvalue weighted by Gasteiger charge is 2.42. The molecule has 1 heterocycles. The van der Waals surface area contributed by atoms with Gasteiger partial charge in [0.05, 0.1) is 16.9 Å². The lowest BCUT2D eigenvalue weighted by molar-refractivity contribution is -0.143. The van der Waals surface area contributed by atoms with E-state index in [0.29, 0.717) is 4.68 Å². The van der Waals surface area contributed by atoms with Gasteiger partial charge in [-0.1, -0.05) is 12.1 Å². The molecule has 0 fully saturated rings. The summed E-state index contributed by atoms with van der Waals surface area (Å²) >= 11 is 0. The van der Waals surface area contributed by atoms with Gasteiger partial charge < -0.3 is 10.2 Å². The monoisotopic (exact) mass is 314 g/mol. The number of para-hydroxylation sites is 1. The highest BCUT2D eigenvalue weighted by atomic mass is 19.4. The maximum Gasteiger partial charge on any atom is 0.434 e. The number of benzene rings is 1. The molecule has 0 radical (unpaired) electrons. The number of carbonyl (C=O) groups is 2. The second kappa shape index (κ2) is 5.17. The molecule has 0 bridgehead atoms. The Labute approximate surface area is 121 Å². The topological polar surface area (TPSA) is 92.4 Å². The zero-order chi connectivity index (χ0) is 16.7. The lowest BCUT2D eigenvalue weighted by Crippen LogP contribution is -2.19. The van der Waals surface area contributed by atoms with Gasteiger partial charge in [0.2, 0.25) is 0 Å². The average Bonchev–Trinajstić information content (AvgIpc) is 2.76. The highest BCUT2D eigenvalue weighted by Crippen LogP contribution is 2.35. The van der Waals surface area contributed by atoms with E-state index in [0.717, 1.165) is 19.1 Å². The second-order valence-electron chi connectivity index (χ2n) is 4.35. The molecule has 0 amide bonds. The van der Waals surface area contributed by atoms with Crippen molar-refractivity contribution in [1.82, 2.24) is 9.78 Å². The first-order chi connectivity index (χ1) is 10.1. The second-order valence-corrected chi connectivity index (χ2v) is 4.35. The van der Waals surface area contributed by atoms with E-state index in [2.05, 4.69) is 5.10 Å². The molecule has 116 valence electrons. The molecule has 0 unspecified atom stereocenters. The van der Waals surface area contributed by atoms with Gasteiger partial charge in [-0.2, -0.15) is 18.3 Å². The van der Waals surface area contributed by atoms with E-state index < -0.39 is 34.9 Å². The van der Waals surface area contributed by atoms with Gasteiger partial charge in [-0.25, -0.2) is 14.3 Å². The standard InChI is InChI=1S/C13H9F3N2O4/c1-6-9(12(21)22)10(13(14,15)16)18(17-6)8-5-3-2-4-7(8)11(19)20/h2-5H,1H3,(H,19,20)(H,21,22). The number of alkyl halides is 3. The fourth-order valence-electron chi connectivity index (χ4n) is 2.06. The van der Waals surface area contributed by atoms with Crippen LogP contribution in [0.3, 0.4) is 0 Å². The van der Waals surface area contributed by atoms with Gasteiger partial charge in [0.25, 0.3) is 0 Å². The lowest BCUT2D eigenvalue weighted by Gasteiger charge is -2.13. The van der Waals surface area contributed by atoms with Gasteiger partial charge in [-0.15, -0.1) is 0 Å². The molecule has 0 saturated heterocycles. The third-order valence-electron chi connectivity index (χ3n) is 2.91. The number of hydrogen-bond donors (Lipinski definition) is 2. The number of aromatic nitrogens is 2. The van der Waals surface area contributed by atoms with Gasteiger partial charge in [0.15, 0.2) is 5.69 Å². The van der Waals surface area contributed by atoms with Crippen molar-refractivity contribution < 1.29 is 33.0 Å². The molecule has 22 heavy (non-hydrogen) atoms. The number of halogens is 3. The SMILES string of the molecule is Cc1nn(-c2ccccc2C(=O)O)c(C(F)(F)F)c1C(=O)O. The van der Waals surface area contributed by atoms with Gasteiger partial charge in [0.1, 0.15) is 5.56 Å². The van der Waals surface area contributed by atoms with Crippen LogP contribution >= 0.6 is 0 Å². The van der Waals surface area contributed by atoms with Crippen molar-refractivity contribution in [3.05, 3.63) is 46.8 Å². The van der Waals surface area contributed by atoms with Crippen LogP contribution in [-0.2, 0) is 6.18 Å². The number of aromatic carboxylic acids is 2. The Bertz CT molecular complexity index is 765. The predicted molar refractivity (Wildman–Crippen MR) is 67.2 cm³/mol. The Hall–Kier alpha value is -2.84. The summed E-state index contributed by atoms with van der Waals surface area (Å²) in [7, 11) is 0. The Morgan fingerprint density at radius 1 is 1.14 bits per heavy atom. The third-order valence-corrected chi connectivity index (χ3v) is 2.91. The third kappa shape index (κ3) is 2.52. The Morgan fingerprint density at radius 2 is 1.73 bits per heavy atom. The first kappa shape index (κ1) is 15.5. The zero-order valence-electron chi connectivity index (χ0n) is 11.0. The normalized spacial score (nSPS) is 11.5. The minimum absolute atomic E-state index is 0.308. The first-order valence-electron chi connectivity index (χ1n) is 5.87. The molecule has 2 N–H and O–H groups in total. The van der Waals surface area contributed by atoms with Gasteiger partial charge >= 0.3 is 18.1 Å². The number of hydrogen-bond acceptors (Lipinski definition) is 3. The molecule has 2 rings (SSSR count). The average molecular weight is 314 g/mol. The molecule has 1 aromatic carbocycles. The summed E-state index contributed by atoms with van der Waals surface area (Å²) in [6, 6.07) is 4.90. The van der Waals surface area contributed by atoms with Crippen molar-refractivity contribution in [2.75, 3.05) is 0 Å². The molecule has 2 aromatic rings. The van der Waals surface area contributed by atoms with Gasteiger partial charge in [-0.05, 0) is 19.1 Å². The van der Waals surface area contributed by atoms with Crippen molar-refractivity contribution in [3.63, 3.8) is 0 Å². The van der Waals surface area contributed by atoms with Gasteiger partial charge in [-0.3, -0.25) is 0 Å². The minimum Gasteiger partial charge on any atom is -0.478 e. The van der Waals surface area contributed by atoms with E-state index in [-0.39, 0.29) is 11.4 Å². The fraction of sp³-hybridized carbons (Fsp3) is 0.154. The molecule has 6 nitrogen and oxygen atoms in total. The summed E-state index contributed by atoms with van der Waals surface area (Å²) in [6.07, 6.45) is -5.01. The van der Waals surface area contributed by atoms with Crippen LogP contribution in [0.5, 0.6) is 0 Å². The predicted octanol–water partition coefficient (Wildman–Crippen LogP) is 2.60. The van der Waals surface area contributed by atoms with Crippen LogP contribution in [0, 0.1) is 6.92 Å². The lowest BCUT2D eigenvalue weighted by atomic mass is 10.1. The van der Waals surface area contributed by atoms with Crippen molar-refractivity contribution in [3.8, 4) is 5.69 Å². The maximum atomic E-state index is 13.2. The van der Waals surface area contributed by atoms with E-state index in [1.807, 2.05) is 0 Å². The van der Waals surface area contributed by atoms with E-state index >= 15 is 0 Å². The molecule has 0 aliphatic carbocycles. The minimum atomic E-state index is -5.01. The molecule has 0 aliphatic rings. The molecule has 0 aliphatic heterocycles. The summed E-state index contributed by atoms with van der Waals surface area (Å²) in [6.45, 7) is 1.11. The molecule has 1 aromatic heterocycles. The number of carboxylic acids is 2. The van der Waals surface area contributed by atoms with Crippen molar-refractivity contribution in [2.45, 2.75) is 13.1 Å². The van der Waals surface area contributed by atoms with Crippen LogP contribution < -0.4 is 0 Å². The smallest absolute Gasteiger partial charge is 0.434 e. The van der Waals surface area contributed by atoms with Crippen LogP contribution in [-0.4, -0.2) is 31.9 Å². The summed E-state index contributed by atoms with van der Waals surface area (Å²) in [5.74, 6) is -3.24. The highest BCUT2D eigenvalue weighted by molar-refractivity contribution is 5.93. The summed E-state index contributed by atoms with van der Waals surface area (Å²) < 4.78 is 40.0. The van der Waals surface area contributed by atoms with Gasteiger partial charge in [0, 0.05) is 0 Å². The van der Waals surface area contributed by atoms with E-state index in [1.54, 1.807) is 0 Å². The van der Waals surface area contributed by atoms with E-state index in [4.69, 9.17) is 10.2 Å². The van der Waals surface area contributed by atoms with Crippen LogP contribution in [0.1, 0.15) is 32.1 Å². The molecule has 0 spiro atoms. The van der Waals surface area contributed by atoms with Crippen molar-refractivity contribution in [1.29, 1.82) is 0 Å². The van der Waals surface area contributed by atoms with E-state index in [9.17, 15) is 22.8 Å². The van der Waals surface area contributed by atoms with Crippen LogP contribution in [0.4, 0.5) is 13.2 Å². The van der Waals surface area contributed by atoms with Crippen molar-refractivity contribution >= 4 is 11.9 Å². The zero-order valence-corrected chi connectivity index (χ0v) is 11.0. The molecule has 0 saturated carbocycles. The van der Waals surface area contributed by atoms with Crippen LogP contribution in [0.2, 0.25) is 0 Å². The van der Waals surface area contributed by atoms with E-state index in [1.165, 1.54) is 12.1 Å². The number of aryl methyl sites for hydroxylation is 1. The molecular formula is C13H9F3N2O4. The number of carboxylic acid groups (broad SMARTS) is 2. The van der Waals surface area contributed by atoms with Crippen LogP contribution in [0.25, 0.3) is 5.69 Å². The summed E-state index contributed by atoms with van der Waals surface area (Å²) in [5.41, 5.74) is -3.68. The molecular weight excluding hydrogens is 305 g/mol. The van der Waals surface area contributed by atoms with Crippen molar-refractivity contribution in [2.24, 2.45) is 0 Å². The first-order valence-corrected chi connectivity index (χ1v) is 5.87. The molecule has 9 heteroatoms. The van der Waals surface area contributed by atoms with Crippen LogP contribution in [0.15, 0.2) is 24.3 Å². The molecule has 0 atom stereocenters. The Kier molecular flexibility index (Phi) is 3.65. The number of rotatable bonds is 3. The fourth-order valence-corrected chi connectivity index (χ4v) is 2.06. The summed E-state index contributed by atoms with van der Waals surface area (Å²) in [4.78, 5) is 22.2. The Morgan fingerprint density at radius 3 is 2.23 bits per heavy atom. The largest absolute Gasteiger partial charge is 0.478 e. The maximum absolute atomic E-state index is 13.2. The quantitative estimate of drug-likeness (QED) is 0.908.